The third kappa shape index (κ3) is 5.18. The number of azide groups is 2. The first-order chi connectivity index (χ1) is 11.0. The second-order valence-corrected chi connectivity index (χ2v) is 3.78. The minimum absolute atomic E-state index is 0.111. The van der Waals surface area contributed by atoms with Crippen LogP contribution in [0.1, 0.15) is 0 Å². The van der Waals surface area contributed by atoms with Crippen molar-refractivity contribution in [2.45, 2.75) is 0 Å². The molecule has 0 aliphatic carbocycles. The number of hydrazone groups is 1. The average molecular weight is 320 g/mol. The summed E-state index contributed by atoms with van der Waals surface area (Å²) >= 11 is 0. The number of nitro benzene ring substituents is 2. The summed E-state index contributed by atoms with van der Waals surface area (Å²) in [4.78, 5) is 25.0. The van der Waals surface area contributed by atoms with Gasteiger partial charge in [0.1, 0.15) is 5.69 Å². The summed E-state index contributed by atoms with van der Waals surface area (Å²) in [6, 6.07) is 2.95. The summed E-state index contributed by atoms with van der Waals surface area (Å²) in [5, 5.41) is 31.8. The molecule has 0 aliphatic heterocycles. The average Bonchev–Trinajstić information content (AvgIpc) is 2.53. The van der Waals surface area contributed by atoms with Crippen molar-refractivity contribution in [3.8, 4) is 0 Å². The highest BCUT2D eigenvalue weighted by molar-refractivity contribution is 5.89. The molecule has 0 unspecified atom stereocenters. The van der Waals surface area contributed by atoms with Crippen LogP contribution in [0.4, 0.5) is 17.1 Å². The topological polar surface area (TPSA) is 208 Å². The molecule has 1 aromatic rings. The Bertz CT molecular complexity index is 725. The normalized spacial score (nSPS) is 9.04. The zero-order valence-corrected chi connectivity index (χ0v) is 11.3. The molecule has 1 N–H and O–H groups in total. The highest BCUT2D eigenvalue weighted by Gasteiger charge is 2.19. The number of nitrogens with zero attached hydrogens (tertiary/aromatic N) is 9. The van der Waals surface area contributed by atoms with Crippen LogP contribution in [0.15, 0.2) is 33.5 Å². The fraction of sp³-hybridized carbons (Fsp3) is 0.222. The van der Waals surface area contributed by atoms with Crippen molar-refractivity contribution in [3.05, 3.63) is 59.3 Å². The Kier molecular flexibility index (Phi) is 6.27. The van der Waals surface area contributed by atoms with Crippen LogP contribution < -0.4 is 5.43 Å². The third-order valence-corrected chi connectivity index (χ3v) is 2.36. The zero-order chi connectivity index (χ0) is 17.2. The van der Waals surface area contributed by atoms with Gasteiger partial charge < -0.3 is 0 Å². The lowest BCUT2D eigenvalue weighted by Gasteiger charge is -2.04. The molecule has 0 spiro atoms. The maximum atomic E-state index is 10.9. The van der Waals surface area contributed by atoms with Crippen LogP contribution in [-0.4, -0.2) is 28.6 Å². The van der Waals surface area contributed by atoms with E-state index in [9.17, 15) is 20.2 Å². The van der Waals surface area contributed by atoms with E-state index in [1.165, 1.54) is 0 Å². The fourth-order valence-corrected chi connectivity index (χ4v) is 1.37. The molecule has 0 radical (unpaired) electrons. The van der Waals surface area contributed by atoms with Crippen molar-refractivity contribution in [3.63, 3.8) is 0 Å². The minimum Gasteiger partial charge on any atom is -0.272 e. The summed E-state index contributed by atoms with van der Waals surface area (Å²) in [5.74, 6) is 0. The van der Waals surface area contributed by atoms with Crippen molar-refractivity contribution < 1.29 is 9.85 Å². The Morgan fingerprint density at radius 1 is 1.13 bits per heavy atom. The van der Waals surface area contributed by atoms with Crippen molar-refractivity contribution >= 4 is 22.8 Å². The van der Waals surface area contributed by atoms with E-state index in [0.29, 0.717) is 0 Å². The fourth-order valence-electron chi connectivity index (χ4n) is 1.37. The maximum Gasteiger partial charge on any atom is 0.301 e. The third-order valence-electron chi connectivity index (χ3n) is 2.36. The molecule has 0 bridgehead atoms. The first kappa shape index (κ1) is 17.2. The summed E-state index contributed by atoms with van der Waals surface area (Å²) in [7, 11) is 0. The van der Waals surface area contributed by atoms with Crippen molar-refractivity contribution in [2.24, 2.45) is 15.3 Å². The number of hydrogen-bond acceptors (Lipinski definition) is 8. The number of non-ortho nitro benzene ring substituents is 1. The number of benzene rings is 1. The molecule has 0 fully saturated rings. The van der Waals surface area contributed by atoms with Gasteiger partial charge in [-0.1, -0.05) is 10.2 Å². The van der Waals surface area contributed by atoms with Crippen LogP contribution >= 0.6 is 0 Å². The lowest BCUT2D eigenvalue weighted by molar-refractivity contribution is -0.393. The Morgan fingerprint density at radius 2 is 1.74 bits per heavy atom. The molecule has 1 aromatic carbocycles. The van der Waals surface area contributed by atoms with E-state index < -0.39 is 21.2 Å². The van der Waals surface area contributed by atoms with E-state index in [4.69, 9.17) is 11.1 Å². The Labute approximate surface area is 127 Å². The van der Waals surface area contributed by atoms with Gasteiger partial charge in [-0.25, -0.2) is 0 Å². The van der Waals surface area contributed by atoms with Crippen LogP contribution in [0.5, 0.6) is 0 Å². The largest absolute Gasteiger partial charge is 0.301 e. The number of anilines is 1. The molecule has 0 saturated heterocycles. The van der Waals surface area contributed by atoms with Crippen molar-refractivity contribution in [1.82, 2.24) is 0 Å². The minimum atomic E-state index is -0.814. The Hall–Kier alpha value is -3.89. The summed E-state index contributed by atoms with van der Waals surface area (Å²) in [5.41, 5.74) is 17.8. The van der Waals surface area contributed by atoms with Crippen molar-refractivity contribution in [1.29, 1.82) is 0 Å². The molecular weight excluding hydrogens is 312 g/mol. The molecular formula is C9H8N10O4. The van der Waals surface area contributed by atoms with Gasteiger partial charge in [0.15, 0.2) is 0 Å². The lowest BCUT2D eigenvalue weighted by atomic mass is 10.2. The quantitative estimate of drug-likeness (QED) is 0.190. The molecule has 0 amide bonds. The second kappa shape index (κ2) is 8.41. The van der Waals surface area contributed by atoms with Gasteiger partial charge in [0.05, 0.1) is 29.0 Å². The number of rotatable bonds is 8. The number of nitrogens with one attached hydrogen (secondary N) is 1. The van der Waals surface area contributed by atoms with Crippen LogP contribution in [0.3, 0.4) is 0 Å². The molecule has 0 heterocycles. The molecule has 1 rings (SSSR count). The zero-order valence-electron chi connectivity index (χ0n) is 11.3. The van der Waals surface area contributed by atoms with Crippen LogP contribution in [0.2, 0.25) is 0 Å². The molecule has 14 nitrogen and oxygen atoms in total. The van der Waals surface area contributed by atoms with Gasteiger partial charge in [-0.05, 0) is 17.1 Å². The lowest BCUT2D eigenvalue weighted by Crippen LogP contribution is -2.10. The maximum absolute atomic E-state index is 10.9. The van der Waals surface area contributed by atoms with E-state index in [0.717, 1.165) is 18.2 Å². The second-order valence-electron chi connectivity index (χ2n) is 3.78. The standard InChI is InChI=1S/C9H8N10O4/c10-16-12-4-6(5-13-17-11)14-15-8-2-1-7(18(20)21)3-9(8)19(22)23/h1-3,15H,4-5H2. The molecule has 23 heavy (non-hydrogen) atoms. The van der Waals surface area contributed by atoms with E-state index in [-0.39, 0.29) is 24.5 Å². The van der Waals surface area contributed by atoms with Gasteiger partial charge in [0.25, 0.3) is 5.69 Å². The number of nitro groups is 2. The van der Waals surface area contributed by atoms with E-state index >= 15 is 0 Å². The molecule has 118 valence electrons. The van der Waals surface area contributed by atoms with Gasteiger partial charge >= 0.3 is 5.69 Å². The first-order valence-electron chi connectivity index (χ1n) is 5.75. The van der Waals surface area contributed by atoms with Crippen molar-refractivity contribution in [2.75, 3.05) is 18.5 Å². The summed E-state index contributed by atoms with van der Waals surface area (Å²) < 4.78 is 0. The SMILES string of the molecule is [N-]=[N+]=NCC(CN=[N+]=[N-])=NNc1ccc([N+](=O)[O-])cc1[N+](=O)[O-]. The van der Waals surface area contributed by atoms with Gasteiger partial charge in [-0.15, -0.1) is 0 Å². The van der Waals surface area contributed by atoms with Gasteiger partial charge in [-0.3, -0.25) is 25.7 Å². The smallest absolute Gasteiger partial charge is 0.272 e. The van der Waals surface area contributed by atoms with Gasteiger partial charge in [0, 0.05) is 21.6 Å². The van der Waals surface area contributed by atoms with Crippen LogP contribution in [-0.2, 0) is 0 Å². The number of hydrogen-bond donors (Lipinski definition) is 1. The predicted molar refractivity (Wildman–Crippen MR) is 78.8 cm³/mol. The Morgan fingerprint density at radius 3 is 2.22 bits per heavy atom. The highest BCUT2D eigenvalue weighted by Crippen LogP contribution is 2.28. The molecule has 14 heteroatoms. The van der Waals surface area contributed by atoms with E-state index in [1.807, 2.05) is 0 Å². The molecule has 0 aromatic heterocycles. The van der Waals surface area contributed by atoms with Gasteiger partial charge in [-0.2, -0.15) is 5.10 Å². The molecule has 0 saturated carbocycles. The highest BCUT2D eigenvalue weighted by atomic mass is 16.6. The summed E-state index contributed by atoms with van der Waals surface area (Å²) in [6.45, 7) is -0.438. The Balaban J connectivity index is 3.11. The van der Waals surface area contributed by atoms with Gasteiger partial charge in [0.2, 0.25) is 0 Å². The predicted octanol–water partition coefficient (Wildman–Crippen LogP) is 2.89. The van der Waals surface area contributed by atoms with E-state index in [1.54, 1.807) is 0 Å². The van der Waals surface area contributed by atoms with E-state index in [2.05, 4.69) is 30.6 Å². The summed E-state index contributed by atoms with van der Waals surface area (Å²) in [6.07, 6.45) is 0. The van der Waals surface area contributed by atoms with Crippen LogP contribution in [0.25, 0.3) is 20.9 Å². The monoisotopic (exact) mass is 320 g/mol. The first-order valence-corrected chi connectivity index (χ1v) is 5.75. The molecule has 0 aliphatic rings. The van der Waals surface area contributed by atoms with Crippen LogP contribution in [0, 0.1) is 20.2 Å². The molecule has 0 atom stereocenters.